The third-order valence-corrected chi connectivity index (χ3v) is 3.65. The molecule has 0 radical (unpaired) electrons. The number of anilines is 1. The Labute approximate surface area is 141 Å². The molecule has 0 unspecified atom stereocenters. The van der Waals surface area contributed by atoms with Crippen LogP contribution in [0.3, 0.4) is 0 Å². The molecule has 0 amide bonds. The van der Waals surface area contributed by atoms with Gasteiger partial charge < -0.3 is 10.4 Å². The summed E-state index contributed by atoms with van der Waals surface area (Å²) in [5.74, 6) is -1.06. The van der Waals surface area contributed by atoms with Crippen molar-refractivity contribution in [2.75, 3.05) is 5.32 Å². The van der Waals surface area contributed by atoms with E-state index < -0.39 is 5.97 Å². The highest BCUT2D eigenvalue weighted by Crippen LogP contribution is 2.22. The Hall–Kier alpha value is -2.88. The predicted octanol–water partition coefficient (Wildman–Crippen LogP) is 4.49. The van der Waals surface area contributed by atoms with Gasteiger partial charge in [-0.05, 0) is 35.2 Å². The van der Waals surface area contributed by atoms with Crippen molar-refractivity contribution < 1.29 is 14.7 Å². The van der Waals surface area contributed by atoms with Gasteiger partial charge in [0.1, 0.15) is 0 Å². The zero-order valence-electron chi connectivity index (χ0n) is 14.0. The summed E-state index contributed by atoms with van der Waals surface area (Å²) in [5, 5.41) is 11.8. The number of ketones is 1. The molecule has 2 aromatic rings. The number of rotatable bonds is 5. The molecule has 124 valence electrons. The summed E-state index contributed by atoms with van der Waals surface area (Å²) < 4.78 is 0. The Bertz CT molecular complexity index is 751. The van der Waals surface area contributed by atoms with Crippen molar-refractivity contribution in [2.24, 2.45) is 0 Å². The molecule has 4 heteroatoms. The smallest absolute Gasteiger partial charge is 0.335 e. The molecule has 0 heterocycles. The first-order chi connectivity index (χ1) is 11.3. The third kappa shape index (κ3) is 4.56. The summed E-state index contributed by atoms with van der Waals surface area (Å²) >= 11 is 0. The zero-order valence-corrected chi connectivity index (χ0v) is 14.0. The highest BCUT2D eigenvalue weighted by atomic mass is 16.4. The number of aromatic carboxylic acids is 1. The van der Waals surface area contributed by atoms with Gasteiger partial charge in [0.15, 0.2) is 5.78 Å². The Morgan fingerprint density at radius 1 is 0.917 bits per heavy atom. The molecular formula is C20H21NO3. The standard InChI is InChI=1S/C20H21NO3/c1-20(2,3)16-8-4-14(5-9-16)18(22)12-13-21-17-10-6-15(7-11-17)19(23)24/h4-13,21H,1-3H3,(H,23,24). The van der Waals surface area contributed by atoms with E-state index in [9.17, 15) is 9.59 Å². The SMILES string of the molecule is CC(C)(C)c1ccc(C(=O)C=CNc2ccc(C(=O)O)cc2)cc1. The van der Waals surface area contributed by atoms with Gasteiger partial charge in [0.25, 0.3) is 0 Å². The predicted molar refractivity (Wildman–Crippen MR) is 95.6 cm³/mol. The number of hydrogen-bond acceptors (Lipinski definition) is 3. The molecule has 0 atom stereocenters. The summed E-state index contributed by atoms with van der Waals surface area (Å²) in [7, 11) is 0. The van der Waals surface area contributed by atoms with E-state index in [1.54, 1.807) is 18.3 Å². The fraction of sp³-hybridized carbons (Fsp3) is 0.200. The molecule has 0 spiro atoms. The number of carbonyl (C=O) groups excluding carboxylic acids is 1. The topological polar surface area (TPSA) is 66.4 Å². The molecule has 0 aliphatic heterocycles. The first-order valence-corrected chi connectivity index (χ1v) is 7.69. The first-order valence-electron chi connectivity index (χ1n) is 7.69. The van der Waals surface area contributed by atoms with Gasteiger partial charge in [0.05, 0.1) is 5.56 Å². The van der Waals surface area contributed by atoms with Crippen LogP contribution in [0.5, 0.6) is 0 Å². The normalized spacial score (nSPS) is 11.5. The highest BCUT2D eigenvalue weighted by molar-refractivity contribution is 6.04. The second kappa shape index (κ2) is 7.13. The van der Waals surface area contributed by atoms with Crippen LogP contribution in [0.2, 0.25) is 0 Å². The fourth-order valence-electron chi connectivity index (χ4n) is 2.15. The highest BCUT2D eigenvalue weighted by Gasteiger charge is 2.13. The Balaban J connectivity index is 1.98. The Kier molecular flexibility index (Phi) is 5.19. The van der Waals surface area contributed by atoms with E-state index in [0.717, 1.165) is 0 Å². The quantitative estimate of drug-likeness (QED) is 0.628. The van der Waals surface area contributed by atoms with E-state index in [1.807, 2.05) is 24.3 Å². The van der Waals surface area contributed by atoms with Crippen LogP contribution in [-0.2, 0) is 5.41 Å². The number of nitrogens with one attached hydrogen (secondary N) is 1. The number of benzene rings is 2. The molecule has 0 aliphatic rings. The number of carboxylic acid groups (broad SMARTS) is 1. The third-order valence-electron chi connectivity index (χ3n) is 3.65. The minimum atomic E-state index is -0.967. The molecule has 0 aromatic heterocycles. The molecule has 0 fully saturated rings. The molecule has 0 saturated carbocycles. The van der Waals surface area contributed by atoms with Gasteiger partial charge in [-0.3, -0.25) is 4.79 Å². The number of carbonyl (C=O) groups is 2. The molecule has 24 heavy (non-hydrogen) atoms. The zero-order chi connectivity index (χ0) is 17.7. The van der Waals surface area contributed by atoms with Crippen molar-refractivity contribution in [3.05, 3.63) is 77.5 Å². The van der Waals surface area contributed by atoms with Crippen molar-refractivity contribution in [1.29, 1.82) is 0 Å². The summed E-state index contributed by atoms with van der Waals surface area (Å²) in [6, 6.07) is 13.9. The largest absolute Gasteiger partial charge is 0.478 e. The summed E-state index contributed by atoms with van der Waals surface area (Å²) in [5.41, 5.74) is 2.80. The average molecular weight is 323 g/mol. The van der Waals surface area contributed by atoms with Gasteiger partial charge in [-0.15, -0.1) is 0 Å². The number of hydrogen-bond donors (Lipinski definition) is 2. The molecule has 0 aliphatic carbocycles. The van der Waals surface area contributed by atoms with E-state index in [1.165, 1.54) is 23.8 Å². The molecule has 2 N–H and O–H groups in total. The molecule has 2 rings (SSSR count). The summed E-state index contributed by atoms with van der Waals surface area (Å²) in [6.45, 7) is 6.38. The van der Waals surface area contributed by atoms with Crippen molar-refractivity contribution >= 4 is 17.4 Å². The fourth-order valence-corrected chi connectivity index (χ4v) is 2.15. The maximum Gasteiger partial charge on any atom is 0.335 e. The Morgan fingerprint density at radius 2 is 1.46 bits per heavy atom. The van der Waals surface area contributed by atoms with E-state index in [2.05, 4.69) is 26.1 Å². The lowest BCUT2D eigenvalue weighted by atomic mass is 9.86. The maximum absolute atomic E-state index is 12.1. The second-order valence-corrected chi connectivity index (χ2v) is 6.55. The van der Waals surface area contributed by atoms with Gasteiger partial charge in [0.2, 0.25) is 0 Å². The molecular weight excluding hydrogens is 302 g/mol. The lowest BCUT2D eigenvalue weighted by Gasteiger charge is -2.18. The van der Waals surface area contributed by atoms with Crippen molar-refractivity contribution in [1.82, 2.24) is 0 Å². The van der Waals surface area contributed by atoms with E-state index >= 15 is 0 Å². The Morgan fingerprint density at radius 3 is 1.96 bits per heavy atom. The lowest BCUT2D eigenvalue weighted by Crippen LogP contribution is -2.11. The molecule has 0 bridgehead atoms. The van der Waals surface area contributed by atoms with Crippen LogP contribution in [-0.4, -0.2) is 16.9 Å². The minimum absolute atomic E-state index is 0.0566. The van der Waals surface area contributed by atoms with E-state index in [-0.39, 0.29) is 16.8 Å². The molecule has 0 saturated heterocycles. The van der Waals surface area contributed by atoms with E-state index in [4.69, 9.17) is 5.11 Å². The van der Waals surface area contributed by atoms with Crippen molar-refractivity contribution in [2.45, 2.75) is 26.2 Å². The monoisotopic (exact) mass is 323 g/mol. The van der Waals surface area contributed by atoms with Gasteiger partial charge in [-0.25, -0.2) is 4.79 Å². The first kappa shape index (κ1) is 17.5. The second-order valence-electron chi connectivity index (χ2n) is 6.55. The summed E-state index contributed by atoms with van der Waals surface area (Å²) in [4.78, 5) is 22.9. The molecule has 4 nitrogen and oxygen atoms in total. The number of carboxylic acids is 1. The van der Waals surface area contributed by atoms with Crippen molar-refractivity contribution in [3.63, 3.8) is 0 Å². The maximum atomic E-state index is 12.1. The van der Waals surface area contributed by atoms with E-state index in [0.29, 0.717) is 11.3 Å². The number of allylic oxidation sites excluding steroid dienone is 1. The van der Waals surface area contributed by atoms with Gasteiger partial charge in [-0.1, -0.05) is 45.0 Å². The minimum Gasteiger partial charge on any atom is -0.478 e. The summed E-state index contributed by atoms with van der Waals surface area (Å²) in [6.07, 6.45) is 3.01. The van der Waals surface area contributed by atoms with Gasteiger partial charge >= 0.3 is 5.97 Å². The van der Waals surface area contributed by atoms with Crippen LogP contribution >= 0.6 is 0 Å². The molecule has 2 aromatic carbocycles. The van der Waals surface area contributed by atoms with Crippen molar-refractivity contribution in [3.8, 4) is 0 Å². The van der Waals surface area contributed by atoms with Gasteiger partial charge in [0, 0.05) is 23.5 Å². The van der Waals surface area contributed by atoms with Crippen LogP contribution in [0.1, 0.15) is 47.1 Å². The van der Waals surface area contributed by atoms with Crippen LogP contribution < -0.4 is 5.32 Å². The van der Waals surface area contributed by atoms with Crippen LogP contribution in [0, 0.1) is 0 Å². The van der Waals surface area contributed by atoms with Crippen LogP contribution in [0.4, 0.5) is 5.69 Å². The van der Waals surface area contributed by atoms with Crippen LogP contribution in [0.25, 0.3) is 0 Å². The lowest BCUT2D eigenvalue weighted by molar-refractivity contribution is 0.0696. The van der Waals surface area contributed by atoms with Crippen LogP contribution in [0.15, 0.2) is 60.8 Å². The van der Waals surface area contributed by atoms with Gasteiger partial charge in [-0.2, -0.15) is 0 Å². The average Bonchev–Trinajstić information content (AvgIpc) is 2.54.